The third-order valence-corrected chi connectivity index (χ3v) is 1.67. The third-order valence-electron chi connectivity index (χ3n) is 1.37. The molecule has 60 valence electrons. The Morgan fingerprint density at radius 3 is 2.00 bits per heavy atom. The molecule has 0 aliphatic carbocycles. The molecule has 0 amide bonds. The number of rotatable bonds is 1. The van der Waals surface area contributed by atoms with Gasteiger partial charge in [0.25, 0.3) is 5.92 Å². The van der Waals surface area contributed by atoms with Crippen LogP contribution in [0.4, 0.5) is 8.78 Å². The van der Waals surface area contributed by atoms with Gasteiger partial charge in [-0.15, -0.1) is 12.6 Å². The highest BCUT2D eigenvalue weighted by molar-refractivity contribution is 7.80. The smallest absolute Gasteiger partial charge is 0.202 e. The van der Waals surface area contributed by atoms with Crippen LogP contribution in [-0.4, -0.2) is 0 Å². The zero-order chi connectivity index (χ0) is 8.48. The Morgan fingerprint density at radius 1 is 1.18 bits per heavy atom. The van der Waals surface area contributed by atoms with Crippen molar-refractivity contribution in [2.45, 2.75) is 17.7 Å². The maximum atomic E-state index is 12.6. The summed E-state index contributed by atoms with van der Waals surface area (Å²) in [6.45, 7) is 0.876. The second-order valence-corrected chi connectivity index (χ2v) is 2.95. The summed E-state index contributed by atoms with van der Waals surface area (Å²) in [5.74, 6) is -2.75. The highest BCUT2D eigenvalue weighted by atomic mass is 32.1. The molecule has 0 radical (unpaired) electrons. The fraction of sp³-hybridized carbons (Fsp3) is 0.250. The lowest BCUT2D eigenvalue weighted by atomic mass is 10.1. The van der Waals surface area contributed by atoms with Gasteiger partial charge in [0.15, 0.2) is 0 Å². The van der Waals surface area contributed by atoms with Crippen LogP contribution in [0.3, 0.4) is 0 Å². The summed E-state index contributed by atoms with van der Waals surface area (Å²) in [4.78, 5) is 0.693. The first-order valence-electron chi connectivity index (χ1n) is 3.17. The molecule has 1 aromatic carbocycles. The van der Waals surface area contributed by atoms with Crippen LogP contribution in [-0.2, 0) is 5.92 Å². The second-order valence-electron chi connectivity index (χ2n) is 2.44. The first-order valence-corrected chi connectivity index (χ1v) is 3.62. The highest BCUT2D eigenvalue weighted by Gasteiger charge is 2.23. The van der Waals surface area contributed by atoms with E-state index in [1.54, 1.807) is 12.1 Å². The number of thiol groups is 1. The van der Waals surface area contributed by atoms with Gasteiger partial charge in [-0.05, 0) is 12.1 Å². The van der Waals surface area contributed by atoms with Crippen LogP contribution >= 0.6 is 12.6 Å². The van der Waals surface area contributed by atoms with Crippen molar-refractivity contribution in [2.75, 3.05) is 0 Å². The molecule has 0 nitrogen and oxygen atoms in total. The van der Waals surface area contributed by atoms with E-state index in [1.807, 2.05) is 0 Å². The molecule has 1 aromatic rings. The minimum absolute atomic E-state index is 0.0234. The molecule has 3 heteroatoms. The van der Waals surface area contributed by atoms with E-state index in [0.717, 1.165) is 6.92 Å². The molecule has 11 heavy (non-hydrogen) atoms. The van der Waals surface area contributed by atoms with Crippen molar-refractivity contribution in [3.8, 4) is 0 Å². The molecular weight excluding hydrogens is 166 g/mol. The summed E-state index contributed by atoms with van der Waals surface area (Å²) < 4.78 is 25.1. The molecule has 0 aliphatic heterocycles. The molecule has 0 N–H and O–H groups in total. The Labute approximate surface area is 69.6 Å². The fourth-order valence-corrected chi connectivity index (χ4v) is 0.903. The Morgan fingerprint density at radius 2 is 1.64 bits per heavy atom. The minimum atomic E-state index is -2.75. The Hall–Kier alpha value is -0.570. The highest BCUT2D eigenvalue weighted by Crippen LogP contribution is 2.27. The zero-order valence-electron chi connectivity index (χ0n) is 6.01. The molecule has 0 unspecified atom stereocenters. The van der Waals surface area contributed by atoms with Crippen molar-refractivity contribution in [3.63, 3.8) is 0 Å². The van der Waals surface area contributed by atoms with Crippen molar-refractivity contribution in [1.82, 2.24) is 0 Å². The Kier molecular flexibility index (Phi) is 2.18. The van der Waals surface area contributed by atoms with E-state index < -0.39 is 5.92 Å². The lowest BCUT2D eigenvalue weighted by molar-refractivity contribution is 0.0174. The van der Waals surface area contributed by atoms with Gasteiger partial charge < -0.3 is 0 Å². The van der Waals surface area contributed by atoms with Gasteiger partial charge >= 0.3 is 0 Å². The average Bonchev–Trinajstić information content (AvgIpc) is 1.86. The molecule has 0 spiro atoms. The van der Waals surface area contributed by atoms with Crippen LogP contribution in [0.1, 0.15) is 12.5 Å². The van der Waals surface area contributed by atoms with E-state index in [1.165, 1.54) is 12.1 Å². The van der Waals surface area contributed by atoms with Crippen LogP contribution in [0, 0.1) is 0 Å². The van der Waals surface area contributed by atoms with E-state index in [9.17, 15) is 8.78 Å². The van der Waals surface area contributed by atoms with Crippen molar-refractivity contribution in [2.24, 2.45) is 0 Å². The van der Waals surface area contributed by atoms with Crippen molar-refractivity contribution >= 4 is 12.6 Å². The number of alkyl halides is 2. The van der Waals surface area contributed by atoms with Gasteiger partial charge in [0, 0.05) is 17.4 Å². The van der Waals surface area contributed by atoms with Crippen LogP contribution in [0.25, 0.3) is 0 Å². The van der Waals surface area contributed by atoms with Gasteiger partial charge in [0.1, 0.15) is 0 Å². The molecule has 0 aromatic heterocycles. The van der Waals surface area contributed by atoms with Crippen LogP contribution in [0.5, 0.6) is 0 Å². The maximum absolute atomic E-state index is 12.6. The molecule has 0 atom stereocenters. The summed E-state index contributed by atoms with van der Waals surface area (Å²) in [5.41, 5.74) is 0.0234. The van der Waals surface area contributed by atoms with Gasteiger partial charge in [-0.2, -0.15) is 0 Å². The normalized spacial score (nSPS) is 11.6. The average molecular weight is 174 g/mol. The largest absolute Gasteiger partial charge is 0.270 e. The fourth-order valence-electron chi connectivity index (χ4n) is 0.754. The zero-order valence-corrected chi connectivity index (χ0v) is 6.91. The third kappa shape index (κ3) is 2.19. The number of benzene rings is 1. The first kappa shape index (κ1) is 8.53. The van der Waals surface area contributed by atoms with Crippen LogP contribution < -0.4 is 0 Å². The Bertz CT molecular complexity index is 235. The molecule has 0 bridgehead atoms. The van der Waals surface area contributed by atoms with E-state index in [4.69, 9.17) is 0 Å². The van der Waals surface area contributed by atoms with Gasteiger partial charge in [-0.25, -0.2) is 8.78 Å². The molecule has 0 saturated carbocycles. The standard InChI is InChI=1S/C8H8F2S/c1-8(9,10)6-2-4-7(11)5-3-6/h2-5,11H,1H3. The number of hydrogen-bond acceptors (Lipinski definition) is 1. The minimum Gasteiger partial charge on any atom is -0.202 e. The van der Waals surface area contributed by atoms with Crippen molar-refractivity contribution in [3.05, 3.63) is 29.8 Å². The molecule has 0 fully saturated rings. The summed E-state index contributed by atoms with van der Waals surface area (Å²) in [6.07, 6.45) is 0. The van der Waals surface area contributed by atoms with Gasteiger partial charge in [-0.1, -0.05) is 12.1 Å². The van der Waals surface area contributed by atoms with Crippen molar-refractivity contribution in [1.29, 1.82) is 0 Å². The summed E-state index contributed by atoms with van der Waals surface area (Å²) >= 11 is 3.98. The second kappa shape index (κ2) is 2.81. The lowest BCUT2D eigenvalue weighted by Crippen LogP contribution is -2.05. The van der Waals surface area contributed by atoms with Crippen LogP contribution in [0.2, 0.25) is 0 Å². The van der Waals surface area contributed by atoms with Gasteiger partial charge in [0.05, 0.1) is 0 Å². The van der Waals surface area contributed by atoms with Crippen molar-refractivity contribution < 1.29 is 8.78 Å². The molecule has 0 aliphatic rings. The van der Waals surface area contributed by atoms with E-state index >= 15 is 0 Å². The van der Waals surface area contributed by atoms with Crippen LogP contribution in [0.15, 0.2) is 29.2 Å². The predicted octanol–water partition coefficient (Wildman–Crippen LogP) is 3.09. The first-order chi connectivity index (χ1) is 5.00. The monoisotopic (exact) mass is 174 g/mol. The van der Waals surface area contributed by atoms with Gasteiger partial charge in [0.2, 0.25) is 0 Å². The SMILES string of the molecule is CC(F)(F)c1ccc(S)cc1. The Balaban J connectivity index is 2.99. The van der Waals surface area contributed by atoms with Gasteiger partial charge in [-0.3, -0.25) is 0 Å². The lowest BCUT2D eigenvalue weighted by Gasteiger charge is -2.09. The number of hydrogen-bond donors (Lipinski definition) is 1. The molecule has 0 heterocycles. The summed E-state index contributed by atoms with van der Waals surface area (Å²) in [6, 6.07) is 5.86. The summed E-state index contributed by atoms with van der Waals surface area (Å²) in [7, 11) is 0. The maximum Gasteiger partial charge on any atom is 0.270 e. The predicted molar refractivity (Wildman–Crippen MR) is 43.3 cm³/mol. The quantitative estimate of drug-likeness (QED) is 0.621. The molecule has 0 saturated heterocycles. The topological polar surface area (TPSA) is 0 Å². The van der Waals surface area contributed by atoms with E-state index in [0.29, 0.717) is 4.90 Å². The number of halogens is 2. The summed E-state index contributed by atoms with van der Waals surface area (Å²) in [5, 5.41) is 0. The molecule has 1 rings (SSSR count). The molecular formula is C8H8F2S. The van der Waals surface area contributed by atoms with E-state index in [2.05, 4.69) is 12.6 Å². The van der Waals surface area contributed by atoms with E-state index in [-0.39, 0.29) is 5.56 Å².